The van der Waals surface area contributed by atoms with Crippen LogP contribution in [0.15, 0.2) is 42.5 Å². The van der Waals surface area contributed by atoms with Gasteiger partial charge in [0.05, 0.1) is 16.7 Å². The third-order valence-electron chi connectivity index (χ3n) is 4.35. The minimum Gasteiger partial charge on any atom is -0.478 e. The lowest BCUT2D eigenvalue weighted by atomic mass is 9.83. The molecule has 8 heteroatoms. The fraction of sp³-hybridized carbons (Fsp3) is 0.211. The van der Waals surface area contributed by atoms with Crippen molar-refractivity contribution in [3.63, 3.8) is 0 Å². The van der Waals surface area contributed by atoms with Gasteiger partial charge in [0.1, 0.15) is 0 Å². The van der Waals surface area contributed by atoms with Crippen LogP contribution in [0.5, 0.6) is 0 Å². The number of allylic oxidation sites excluding steroid dienone is 1. The van der Waals surface area contributed by atoms with Gasteiger partial charge in [0.25, 0.3) is 0 Å². The van der Waals surface area contributed by atoms with E-state index in [0.29, 0.717) is 24.5 Å². The summed E-state index contributed by atoms with van der Waals surface area (Å²) in [6.07, 6.45) is -7.52. The molecule has 0 heterocycles. The quantitative estimate of drug-likeness (QED) is 0.663. The first-order valence-corrected chi connectivity index (χ1v) is 7.84. The lowest BCUT2D eigenvalue weighted by molar-refractivity contribution is -0.143. The molecule has 1 aliphatic rings. The Bertz CT molecular complexity index is 938. The molecule has 0 atom stereocenters. The Kier molecular flexibility index (Phi) is 4.53. The Hall–Kier alpha value is -2.77. The fourth-order valence-corrected chi connectivity index (χ4v) is 3.11. The molecule has 2 aromatic rings. The summed E-state index contributed by atoms with van der Waals surface area (Å²) in [7, 11) is 0. The first kappa shape index (κ1) is 19.0. The van der Waals surface area contributed by atoms with Crippen LogP contribution in [0, 0.1) is 0 Å². The molecule has 0 saturated heterocycles. The molecule has 0 aromatic heterocycles. The van der Waals surface area contributed by atoms with E-state index in [1.165, 1.54) is 24.3 Å². The van der Waals surface area contributed by atoms with E-state index in [-0.39, 0.29) is 22.8 Å². The summed E-state index contributed by atoms with van der Waals surface area (Å²) in [5.41, 5.74) is -2.30. The van der Waals surface area contributed by atoms with E-state index < -0.39 is 35.0 Å². The molecule has 1 N–H and O–H groups in total. The van der Waals surface area contributed by atoms with Crippen LogP contribution in [0.25, 0.3) is 5.57 Å². The van der Waals surface area contributed by atoms with Crippen LogP contribution in [0.1, 0.15) is 44.6 Å². The average molecular weight is 386 g/mol. The van der Waals surface area contributed by atoms with Gasteiger partial charge in [-0.15, -0.1) is 0 Å². The second-order valence-corrected chi connectivity index (χ2v) is 6.09. The van der Waals surface area contributed by atoms with Crippen molar-refractivity contribution in [1.82, 2.24) is 0 Å². The molecule has 142 valence electrons. The molecule has 0 saturated carbocycles. The lowest BCUT2D eigenvalue weighted by Gasteiger charge is -2.22. The molecule has 0 bridgehead atoms. The van der Waals surface area contributed by atoms with E-state index in [4.69, 9.17) is 5.11 Å². The summed E-state index contributed by atoms with van der Waals surface area (Å²) in [4.78, 5) is 11.2. The number of halogens is 6. The van der Waals surface area contributed by atoms with Gasteiger partial charge in [-0.3, -0.25) is 0 Å². The number of hydrogen-bond acceptors (Lipinski definition) is 1. The largest absolute Gasteiger partial charge is 0.478 e. The molecule has 0 spiro atoms. The molecule has 1 aliphatic carbocycles. The molecule has 3 rings (SSSR count). The average Bonchev–Trinajstić information content (AvgIpc) is 2.58. The van der Waals surface area contributed by atoms with Crippen LogP contribution in [0.4, 0.5) is 26.3 Å². The first-order valence-electron chi connectivity index (χ1n) is 7.84. The first-order chi connectivity index (χ1) is 12.5. The summed E-state index contributed by atoms with van der Waals surface area (Å²) >= 11 is 0. The molecule has 0 unspecified atom stereocenters. The third-order valence-corrected chi connectivity index (χ3v) is 4.35. The zero-order valence-electron chi connectivity index (χ0n) is 13.6. The maximum absolute atomic E-state index is 13.5. The Morgan fingerprint density at radius 1 is 0.889 bits per heavy atom. The van der Waals surface area contributed by atoms with Gasteiger partial charge >= 0.3 is 18.3 Å². The van der Waals surface area contributed by atoms with E-state index in [0.717, 1.165) is 6.07 Å². The number of benzene rings is 2. The summed E-state index contributed by atoms with van der Waals surface area (Å²) in [6.45, 7) is 0. The molecule has 0 amide bonds. The van der Waals surface area contributed by atoms with Gasteiger partial charge in [0.15, 0.2) is 0 Å². The van der Waals surface area contributed by atoms with Crippen molar-refractivity contribution < 1.29 is 36.2 Å². The van der Waals surface area contributed by atoms with Gasteiger partial charge in [-0.2, -0.15) is 26.3 Å². The normalized spacial score (nSPS) is 14.5. The molecule has 0 aliphatic heterocycles. The van der Waals surface area contributed by atoms with Gasteiger partial charge in [0, 0.05) is 0 Å². The van der Waals surface area contributed by atoms with E-state index >= 15 is 0 Å². The highest BCUT2D eigenvalue weighted by Crippen LogP contribution is 2.42. The van der Waals surface area contributed by atoms with Crippen LogP contribution in [0.3, 0.4) is 0 Å². The van der Waals surface area contributed by atoms with Crippen LogP contribution in [-0.4, -0.2) is 11.1 Å². The lowest BCUT2D eigenvalue weighted by Crippen LogP contribution is -2.14. The van der Waals surface area contributed by atoms with Gasteiger partial charge in [-0.25, -0.2) is 4.79 Å². The molecular formula is C19H12F6O2. The molecule has 27 heavy (non-hydrogen) atoms. The predicted octanol–water partition coefficient (Wildman–Crippen LogP) is 5.80. The Morgan fingerprint density at radius 3 is 2.19 bits per heavy atom. The van der Waals surface area contributed by atoms with Crippen molar-refractivity contribution in [3.8, 4) is 0 Å². The highest BCUT2D eigenvalue weighted by molar-refractivity contribution is 5.92. The highest BCUT2D eigenvalue weighted by Gasteiger charge is 2.39. The van der Waals surface area contributed by atoms with E-state index in [2.05, 4.69) is 0 Å². The molecule has 2 aromatic carbocycles. The second kappa shape index (κ2) is 6.44. The minimum absolute atomic E-state index is 0.0837. The summed E-state index contributed by atoms with van der Waals surface area (Å²) in [6, 6.07) is 5.59. The molecule has 0 radical (unpaired) electrons. The second-order valence-electron chi connectivity index (χ2n) is 6.09. The van der Waals surface area contributed by atoms with E-state index in [9.17, 15) is 31.1 Å². The SMILES string of the molecule is O=C(O)c1ccc2c(c1)C(c1ccc(C(F)(F)F)cc1C(F)(F)F)=CCC2. The minimum atomic E-state index is -5.00. The standard InChI is InChI=1S/C19H12F6O2/c20-18(21,22)12-6-7-14(16(9-12)19(23,24)25)13-3-1-2-10-4-5-11(17(26)27)8-15(10)13/h3-9H,1-2H2,(H,26,27). The fourth-order valence-electron chi connectivity index (χ4n) is 3.11. The van der Waals surface area contributed by atoms with Crippen LogP contribution >= 0.6 is 0 Å². The molecular weight excluding hydrogens is 374 g/mol. The van der Waals surface area contributed by atoms with Crippen molar-refractivity contribution in [2.24, 2.45) is 0 Å². The van der Waals surface area contributed by atoms with Crippen LogP contribution < -0.4 is 0 Å². The Labute approximate surface area is 149 Å². The summed E-state index contributed by atoms with van der Waals surface area (Å²) < 4.78 is 79.0. The zero-order chi connectivity index (χ0) is 20.0. The van der Waals surface area contributed by atoms with Crippen molar-refractivity contribution in [1.29, 1.82) is 0 Å². The summed E-state index contributed by atoms with van der Waals surface area (Å²) in [5.74, 6) is -1.24. The number of rotatable bonds is 2. The topological polar surface area (TPSA) is 37.3 Å². The third kappa shape index (κ3) is 3.70. The van der Waals surface area contributed by atoms with E-state index in [1.54, 1.807) is 0 Å². The number of alkyl halides is 6. The monoisotopic (exact) mass is 386 g/mol. The molecule has 2 nitrogen and oxygen atoms in total. The number of fused-ring (bicyclic) bond motifs is 1. The van der Waals surface area contributed by atoms with Crippen LogP contribution in [-0.2, 0) is 18.8 Å². The number of aromatic carboxylic acids is 1. The smallest absolute Gasteiger partial charge is 0.417 e. The van der Waals surface area contributed by atoms with Gasteiger partial charge in [-0.05, 0) is 59.4 Å². The number of aryl methyl sites for hydroxylation is 1. The van der Waals surface area contributed by atoms with Crippen molar-refractivity contribution >= 4 is 11.5 Å². The number of hydrogen-bond donors (Lipinski definition) is 1. The van der Waals surface area contributed by atoms with Gasteiger partial charge < -0.3 is 5.11 Å². The van der Waals surface area contributed by atoms with Crippen molar-refractivity contribution in [3.05, 3.63) is 75.9 Å². The highest BCUT2D eigenvalue weighted by atomic mass is 19.4. The maximum Gasteiger partial charge on any atom is 0.417 e. The number of carboxylic acids is 1. The maximum atomic E-state index is 13.5. The van der Waals surface area contributed by atoms with Crippen LogP contribution in [0.2, 0.25) is 0 Å². The number of carboxylic acid groups (broad SMARTS) is 1. The van der Waals surface area contributed by atoms with Crippen molar-refractivity contribution in [2.75, 3.05) is 0 Å². The number of carbonyl (C=O) groups is 1. The zero-order valence-corrected chi connectivity index (χ0v) is 13.6. The van der Waals surface area contributed by atoms with E-state index in [1.807, 2.05) is 0 Å². The van der Waals surface area contributed by atoms with Crippen molar-refractivity contribution in [2.45, 2.75) is 25.2 Å². The summed E-state index contributed by atoms with van der Waals surface area (Å²) in [5, 5.41) is 9.13. The molecule has 0 fully saturated rings. The Morgan fingerprint density at radius 2 is 1.59 bits per heavy atom. The van der Waals surface area contributed by atoms with Gasteiger partial charge in [-0.1, -0.05) is 18.2 Å². The van der Waals surface area contributed by atoms with Gasteiger partial charge in [0.2, 0.25) is 0 Å². The Balaban J connectivity index is 2.22. The predicted molar refractivity (Wildman–Crippen MR) is 85.2 cm³/mol.